The molecule has 1 fully saturated rings. The molecule has 0 atom stereocenters. The smallest absolute Gasteiger partial charge is 0.257 e. The first-order chi connectivity index (χ1) is 10.0. The lowest BCUT2D eigenvalue weighted by Crippen LogP contribution is -2.32. The van der Waals surface area contributed by atoms with Crippen molar-refractivity contribution < 1.29 is 9.53 Å². The largest absolute Gasteiger partial charge is 0.482 e. The van der Waals surface area contributed by atoms with Crippen molar-refractivity contribution in [2.75, 3.05) is 13.2 Å². The van der Waals surface area contributed by atoms with Gasteiger partial charge in [-0.3, -0.25) is 9.78 Å². The topological polar surface area (TPSA) is 63.2 Å². The molecule has 0 aliphatic heterocycles. The van der Waals surface area contributed by atoms with E-state index >= 15 is 0 Å². The van der Waals surface area contributed by atoms with Crippen LogP contribution in [0.2, 0.25) is 0 Å². The number of hydrogen-bond donors (Lipinski definition) is 2. The summed E-state index contributed by atoms with van der Waals surface area (Å²) in [5, 5.41) is 6.27. The molecule has 0 unspecified atom stereocenters. The van der Waals surface area contributed by atoms with Crippen LogP contribution < -0.4 is 15.4 Å². The van der Waals surface area contributed by atoms with Crippen LogP contribution in [0.5, 0.6) is 5.75 Å². The van der Waals surface area contributed by atoms with Crippen LogP contribution in [0.4, 0.5) is 0 Å². The van der Waals surface area contributed by atoms with Gasteiger partial charge < -0.3 is 15.4 Å². The van der Waals surface area contributed by atoms with E-state index in [2.05, 4.69) is 29.5 Å². The Bertz CT molecular complexity index is 484. The van der Waals surface area contributed by atoms with Crippen LogP contribution in [0.25, 0.3) is 0 Å². The summed E-state index contributed by atoms with van der Waals surface area (Å²) in [5.74, 6) is 1.03. The maximum atomic E-state index is 11.7. The Hall–Kier alpha value is -1.62. The van der Waals surface area contributed by atoms with Gasteiger partial charge in [0.2, 0.25) is 0 Å². The maximum Gasteiger partial charge on any atom is 0.257 e. The summed E-state index contributed by atoms with van der Waals surface area (Å²) in [6.45, 7) is 7.48. The van der Waals surface area contributed by atoms with E-state index in [1.165, 1.54) is 12.8 Å². The molecular formula is C16H25N3O2. The fourth-order valence-corrected chi connectivity index (χ4v) is 1.90. The van der Waals surface area contributed by atoms with Crippen LogP contribution in [0, 0.1) is 12.8 Å². The predicted octanol–water partition coefficient (Wildman–Crippen LogP) is 1.79. The monoisotopic (exact) mass is 291 g/mol. The molecular weight excluding hydrogens is 266 g/mol. The highest BCUT2D eigenvalue weighted by Gasteiger charge is 2.21. The van der Waals surface area contributed by atoms with E-state index in [4.69, 9.17) is 4.74 Å². The average molecular weight is 291 g/mol. The van der Waals surface area contributed by atoms with E-state index in [0.29, 0.717) is 30.8 Å². The molecule has 0 aromatic carbocycles. The van der Waals surface area contributed by atoms with Gasteiger partial charge in [0, 0.05) is 24.8 Å². The van der Waals surface area contributed by atoms with Crippen molar-refractivity contribution in [2.45, 2.75) is 46.2 Å². The SMILES string of the molecule is Cc1ccc(OCC(=O)NCC(C)C)c(CNC2CC2)n1. The van der Waals surface area contributed by atoms with Gasteiger partial charge in [0.15, 0.2) is 6.61 Å². The van der Waals surface area contributed by atoms with Gasteiger partial charge in [-0.1, -0.05) is 13.8 Å². The van der Waals surface area contributed by atoms with E-state index in [0.717, 1.165) is 11.4 Å². The van der Waals surface area contributed by atoms with Crippen molar-refractivity contribution in [3.05, 3.63) is 23.5 Å². The fourth-order valence-electron chi connectivity index (χ4n) is 1.90. The number of aryl methyl sites for hydroxylation is 1. The molecule has 1 saturated carbocycles. The third kappa shape index (κ3) is 5.71. The minimum absolute atomic E-state index is 0.0356. The number of aromatic nitrogens is 1. The molecule has 1 aromatic heterocycles. The molecule has 1 heterocycles. The minimum Gasteiger partial charge on any atom is -0.482 e. The quantitative estimate of drug-likeness (QED) is 0.766. The zero-order valence-electron chi connectivity index (χ0n) is 13.1. The van der Waals surface area contributed by atoms with E-state index in [-0.39, 0.29) is 12.5 Å². The minimum atomic E-state index is -0.0922. The molecule has 0 spiro atoms. The Morgan fingerprint density at radius 1 is 1.43 bits per heavy atom. The summed E-state index contributed by atoms with van der Waals surface area (Å²) in [5.41, 5.74) is 1.83. The van der Waals surface area contributed by atoms with E-state index in [9.17, 15) is 4.79 Å². The van der Waals surface area contributed by atoms with Gasteiger partial charge in [-0.15, -0.1) is 0 Å². The Balaban J connectivity index is 1.87. The van der Waals surface area contributed by atoms with Crippen LogP contribution in [-0.2, 0) is 11.3 Å². The van der Waals surface area contributed by atoms with Crippen LogP contribution in [0.1, 0.15) is 38.1 Å². The van der Waals surface area contributed by atoms with E-state index in [1.54, 1.807) is 0 Å². The zero-order valence-corrected chi connectivity index (χ0v) is 13.1. The van der Waals surface area contributed by atoms with Crippen LogP contribution in [0.15, 0.2) is 12.1 Å². The first-order valence-corrected chi connectivity index (χ1v) is 7.64. The summed E-state index contributed by atoms with van der Waals surface area (Å²) in [6, 6.07) is 4.42. The van der Waals surface area contributed by atoms with Crippen molar-refractivity contribution >= 4 is 5.91 Å². The van der Waals surface area contributed by atoms with Gasteiger partial charge >= 0.3 is 0 Å². The second kappa shape index (κ2) is 7.41. The van der Waals surface area contributed by atoms with Crippen molar-refractivity contribution in [3.63, 3.8) is 0 Å². The molecule has 21 heavy (non-hydrogen) atoms. The van der Waals surface area contributed by atoms with E-state index < -0.39 is 0 Å². The standard InChI is InChI=1S/C16H25N3O2/c1-11(2)8-18-16(20)10-21-15-7-4-12(3)19-14(15)9-17-13-5-6-13/h4,7,11,13,17H,5-6,8-10H2,1-3H3,(H,18,20). The lowest BCUT2D eigenvalue weighted by atomic mass is 10.2. The van der Waals surface area contributed by atoms with Crippen molar-refractivity contribution in [1.82, 2.24) is 15.6 Å². The van der Waals surface area contributed by atoms with Gasteiger partial charge in [-0.25, -0.2) is 0 Å². The summed E-state index contributed by atoms with van der Waals surface area (Å²) < 4.78 is 5.62. The Kier molecular flexibility index (Phi) is 5.56. The molecule has 5 heteroatoms. The number of carbonyl (C=O) groups is 1. The second-order valence-electron chi connectivity index (χ2n) is 6.04. The second-order valence-corrected chi connectivity index (χ2v) is 6.04. The molecule has 1 aliphatic carbocycles. The summed E-state index contributed by atoms with van der Waals surface area (Å²) >= 11 is 0. The molecule has 5 nitrogen and oxygen atoms in total. The number of pyridine rings is 1. The van der Waals surface area contributed by atoms with Crippen LogP contribution >= 0.6 is 0 Å². The summed E-state index contributed by atoms with van der Waals surface area (Å²) in [7, 11) is 0. The molecule has 2 N–H and O–H groups in total. The van der Waals surface area contributed by atoms with Crippen LogP contribution in [-0.4, -0.2) is 30.1 Å². The normalized spacial score (nSPS) is 14.3. The molecule has 1 amide bonds. The molecule has 2 rings (SSSR count). The predicted molar refractivity (Wildman–Crippen MR) is 82.2 cm³/mol. The lowest BCUT2D eigenvalue weighted by molar-refractivity contribution is -0.123. The van der Waals surface area contributed by atoms with Gasteiger partial charge in [0.1, 0.15) is 5.75 Å². The summed E-state index contributed by atoms with van der Waals surface area (Å²) in [4.78, 5) is 16.2. The van der Waals surface area contributed by atoms with Gasteiger partial charge in [-0.05, 0) is 37.8 Å². The Morgan fingerprint density at radius 3 is 2.86 bits per heavy atom. The highest BCUT2D eigenvalue weighted by Crippen LogP contribution is 2.22. The number of amides is 1. The Morgan fingerprint density at radius 2 is 2.19 bits per heavy atom. The first kappa shape index (κ1) is 15.8. The molecule has 1 aromatic rings. The van der Waals surface area contributed by atoms with Crippen molar-refractivity contribution in [3.8, 4) is 5.75 Å². The molecule has 1 aliphatic rings. The highest BCUT2D eigenvalue weighted by atomic mass is 16.5. The number of rotatable bonds is 8. The number of hydrogen-bond acceptors (Lipinski definition) is 4. The molecule has 0 bridgehead atoms. The third-order valence-corrected chi connectivity index (χ3v) is 3.27. The lowest BCUT2D eigenvalue weighted by Gasteiger charge is -2.13. The van der Waals surface area contributed by atoms with Crippen LogP contribution in [0.3, 0.4) is 0 Å². The molecule has 116 valence electrons. The van der Waals surface area contributed by atoms with Crippen molar-refractivity contribution in [2.24, 2.45) is 5.92 Å². The summed E-state index contributed by atoms with van der Waals surface area (Å²) in [6.07, 6.45) is 2.47. The Labute approximate surface area is 126 Å². The number of ether oxygens (including phenoxy) is 1. The fraction of sp³-hybridized carbons (Fsp3) is 0.625. The number of nitrogens with zero attached hydrogens (tertiary/aromatic N) is 1. The van der Waals surface area contributed by atoms with Crippen molar-refractivity contribution in [1.29, 1.82) is 0 Å². The average Bonchev–Trinajstić information content (AvgIpc) is 3.26. The first-order valence-electron chi connectivity index (χ1n) is 7.64. The third-order valence-electron chi connectivity index (χ3n) is 3.27. The van der Waals surface area contributed by atoms with E-state index in [1.807, 2.05) is 19.1 Å². The molecule has 0 radical (unpaired) electrons. The number of carbonyl (C=O) groups excluding carboxylic acids is 1. The number of nitrogens with one attached hydrogen (secondary N) is 2. The zero-order chi connectivity index (χ0) is 15.2. The van der Waals surface area contributed by atoms with Gasteiger partial charge in [0.05, 0.1) is 5.69 Å². The van der Waals surface area contributed by atoms with Gasteiger partial charge in [0.25, 0.3) is 5.91 Å². The highest BCUT2D eigenvalue weighted by molar-refractivity contribution is 5.77. The molecule has 0 saturated heterocycles. The maximum absolute atomic E-state index is 11.7. The van der Waals surface area contributed by atoms with Gasteiger partial charge in [-0.2, -0.15) is 0 Å².